The highest BCUT2D eigenvalue weighted by Gasteiger charge is 2.34. The molecular formula is C37H41N5O7. The Labute approximate surface area is 285 Å². The first-order valence-electron chi connectivity index (χ1n) is 16.5. The van der Waals surface area contributed by atoms with Crippen molar-refractivity contribution in [1.82, 2.24) is 25.1 Å². The lowest BCUT2D eigenvalue weighted by Crippen LogP contribution is -2.57. The number of likely N-dealkylation sites (tertiary alicyclic amines) is 1. The number of aryl methyl sites for hydroxylation is 2. The van der Waals surface area contributed by atoms with Gasteiger partial charge in [-0.05, 0) is 60.4 Å². The van der Waals surface area contributed by atoms with Crippen molar-refractivity contribution in [1.29, 1.82) is 0 Å². The lowest BCUT2D eigenvalue weighted by Gasteiger charge is -2.39. The van der Waals surface area contributed by atoms with Crippen LogP contribution >= 0.6 is 0 Å². The van der Waals surface area contributed by atoms with Crippen LogP contribution in [0.1, 0.15) is 36.1 Å². The van der Waals surface area contributed by atoms with E-state index >= 15 is 0 Å². The molecule has 12 nitrogen and oxygen atoms in total. The number of aromatic nitrogens is 2. The minimum atomic E-state index is -0.489. The number of hydrogen-bond donors (Lipinski definition) is 1. The number of nitrogens with one attached hydrogen (secondary N) is 1. The normalized spacial score (nSPS) is 18.8. The SMILES string of the molecule is COc1cc2ccc1Oc1cccc(c1)CO[C@H]1CN(C(=O)CCc3nc4ccccc4nc3OC)CC[C@@H]1NC(=O)CN(C)C(=O)CC2. The summed E-state index contributed by atoms with van der Waals surface area (Å²) in [6, 6.07) is 20.4. The predicted molar refractivity (Wildman–Crippen MR) is 182 cm³/mol. The summed E-state index contributed by atoms with van der Waals surface area (Å²) >= 11 is 0. The highest BCUT2D eigenvalue weighted by Crippen LogP contribution is 2.33. The molecule has 2 atom stereocenters. The van der Waals surface area contributed by atoms with Crippen molar-refractivity contribution >= 4 is 28.8 Å². The minimum absolute atomic E-state index is 0.0542. The summed E-state index contributed by atoms with van der Waals surface area (Å²) in [7, 11) is 4.75. The van der Waals surface area contributed by atoms with Crippen molar-refractivity contribution in [3.8, 4) is 23.1 Å². The Hall–Kier alpha value is -5.23. The molecule has 3 aromatic carbocycles. The number of rotatable bonds is 5. The number of piperidine rings is 1. The summed E-state index contributed by atoms with van der Waals surface area (Å²) in [5, 5.41) is 3.08. The quantitative estimate of drug-likeness (QED) is 0.335. The summed E-state index contributed by atoms with van der Waals surface area (Å²) in [6.45, 7) is 0.881. The van der Waals surface area contributed by atoms with E-state index in [9.17, 15) is 14.4 Å². The molecule has 12 heteroatoms. The second-order valence-electron chi connectivity index (χ2n) is 12.3. The Morgan fingerprint density at radius 1 is 0.959 bits per heavy atom. The van der Waals surface area contributed by atoms with Gasteiger partial charge in [-0.15, -0.1) is 0 Å². The van der Waals surface area contributed by atoms with Gasteiger partial charge in [0.15, 0.2) is 11.5 Å². The molecular weight excluding hydrogens is 626 g/mol. The van der Waals surface area contributed by atoms with E-state index in [0.29, 0.717) is 61.2 Å². The number of hydrogen-bond acceptors (Lipinski definition) is 9. The monoisotopic (exact) mass is 667 g/mol. The molecule has 7 rings (SSSR count). The largest absolute Gasteiger partial charge is 0.493 e. The molecule has 0 unspecified atom stereocenters. The van der Waals surface area contributed by atoms with Crippen LogP contribution in [0.3, 0.4) is 0 Å². The number of para-hydroxylation sites is 2. The number of likely N-dealkylation sites (N-methyl/N-ethyl adjacent to an activating group) is 1. The smallest absolute Gasteiger partial charge is 0.239 e. The number of fused-ring (bicyclic) bond motifs is 10. The van der Waals surface area contributed by atoms with E-state index < -0.39 is 6.10 Å². The molecule has 49 heavy (non-hydrogen) atoms. The fraction of sp³-hybridized carbons (Fsp3) is 0.378. The van der Waals surface area contributed by atoms with Crippen LogP contribution in [0.5, 0.6) is 23.1 Å². The van der Waals surface area contributed by atoms with Gasteiger partial charge >= 0.3 is 0 Å². The maximum atomic E-state index is 13.5. The molecule has 256 valence electrons. The van der Waals surface area contributed by atoms with Crippen molar-refractivity contribution in [2.45, 2.75) is 50.9 Å². The summed E-state index contributed by atoms with van der Waals surface area (Å²) in [5.41, 5.74) is 3.87. The summed E-state index contributed by atoms with van der Waals surface area (Å²) in [5.74, 6) is 1.63. The molecule has 0 radical (unpaired) electrons. The van der Waals surface area contributed by atoms with Gasteiger partial charge in [-0.3, -0.25) is 14.4 Å². The van der Waals surface area contributed by atoms with Crippen molar-refractivity contribution < 1.29 is 33.3 Å². The van der Waals surface area contributed by atoms with Crippen LogP contribution in [0.15, 0.2) is 66.7 Å². The van der Waals surface area contributed by atoms with E-state index in [0.717, 1.165) is 22.2 Å². The van der Waals surface area contributed by atoms with E-state index in [1.807, 2.05) is 66.7 Å². The number of benzene rings is 3. The lowest BCUT2D eigenvalue weighted by molar-refractivity contribution is -0.139. The third-order valence-corrected chi connectivity index (χ3v) is 8.89. The molecule has 0 saturated carbocycles. The Morgan fingerprint density at radius 2 is 1.78 bits per heavy atom. The van der Waals surface area contributed by atoms with Gasteiger partial charge in [0.05, 0.1) is 50.6 Å². The number of carbonyl (C=O) groups is 3. The van der Waals surface area contributed by atoms with E-state index in [-0.39, 0.29) is 49.8 Å². The van der Waals surface area contributed by atoms with Crippen LogP contribution < -0.4 is 19.5 Å². The molecule has 4 bridgehead atoms. The molecule has 3 aliphatic heterocycles. The standard InChI is InChI=1S/C37H41N5O7/c1-41-22-34(43)39-29-17-18-42(36(45)16-13-30-37(47-3)40-28-10-5-4-9-27(28)38-30)21-33(29)48-23-25-7-6-8-26(19-25)49-31-14-11-24(12-15-35(41)44)20-32(31)46-2/h4-11,14,19-20,29,33H,12-13,15-18,21-23H2,1-3H3,(H,39,43)/t29-,33-/m0/s1. The van der Waals surface area contributed by atoms with Crippen LogP contribution in [-0.4, -0.2) is 90.5 Å². The van der Waals surface area contributed by atoms with Crippen molar-refractivity contribution in [2.75, 3.05) is 40.9 Å². The maximum Gasteiger partial charge on any atom is 0.239 e. The number of ether oxygens (including phenoxy) is 4. The highest BCUT2D eigenvalue weighted by molar-refractivity contribution is 5.85. The van der Waals surface area contributed by atoms with Gasteiger partial charge in [0.25, 0.3) is 0 Å². The lowest BCUT2D eigenvalue weighted by atomic mass is 10.0. The molecule has 0 spiro atoms. The fourth-order valence-electron chi connectivity index (χ4n) is 6.19. The first kappa shape index (κ1) is 33.7. The zero-order valence-electron chi connectivity index (χ0n) is 28.0. The summed E-state index contributed by atoms with van der Waals surface area (Å²) < 4.78 is 23.7. The van der Waals surface area contributed by atoms with Crippen molar-refractivity contribution in [3.63, 3.8) is 0 Å². The second kappa shape index (κ2) is 15.3. The molecule has 3 aliphatic rings. The predicted octanol–water partition coefficient (Wildman–Crippen LogP) is 4.08. The van der Waals surface area contributed by atoms with Crippen molar-refractivity contribution in [2.24, 2.45) is 0 Å². The van der Waals surface area contributed by atoms with Gasteiger partial charge < -0.3 is 34.1 Å². The zero-order valence-corrected chi connectivity index (χ0v) is 28.0. The van der Waals surface area contributed by atoms with E-state index in [1.165, 1.54) is 4.90 Å². The Morgan fingerprint density at radius 3 is 2.57 bits per heavy atom. The van der Waals surface area contributed by atoms with Crippen LogP contribution in [0.25, 0.3) is 11.0 Å². The summed E-state index contributed by atoms with van der Waals surface area (Å²) in [6.07, 6.45) is 1.30. The van der Waals surface area contributed by atoms with E-state index in [2.05, 4.69) is 10.3 Å². The van der Waals surface area contributed by atoms with Gasteiger partial charge in [0.2, 0.25) is 23.6 Å². The van der Waals surface area contributed by atoms with Gasteiger partial charge in [-0.1, -0.05) is 30.3 Å². The number of nitrogens with zero attached hydrogens (tertiary/aromatic N) is 4. The average molecular weight is 668 g/mol. The van der Waals surface area contributed by atoms with Crippen molar-refractivity contribution in [3.05, 3.63) is 83.6 Å². The highest BCUT2D eigenvalue weighted by atomic mass is 16.5. The molecule has 4 aromatic rings. The minimum Gasteiger partial charge on any atom is -0.493 e. The van der Waals surface area contributed by atoms with Gasteiger partial charge in [0.1, 0.15) is 11.4 Å². The third-order valence-electron chi connectivity index (χ3n) is 8.89. The Balaban J connectivity index is 1.19. The molecule has 3 amide bonds. The number of methoxy groups -OCH3 is 2. The fourth-order valence-corrected chi connectivity index (χ4v) is 6.19. The van der Waals surface area contributed by atoms with Crippen LogP contribution in [0, 0.1) is 0 Å². The van der Waals surface area contributed by atoms with Gasteiger partial charge in [0, 0.05) is 39.4 Å². The maximum absolute atomic E-state index is 13.5. The molecule has 1 saturated heterocycles. The van der Waals surface area contributed by atoms with E-state index in [4.69, 9.17) is 23.9 Å². The van der Waals surface area contributed by atoms with Crippen LogP contribution in [-0.2, 0) is 38.6 Å². The van der Waals surface area contributed by atoms with E-state index in [1.54, 1.807) is 26.2 Å². The Kier molecular flexibility index (Phi) is 10.5. The molecule has 0 aliphatic carbocycles. The first-order valence-corrected chi connectivity index (χ1v) is 16.5. The molecule has 1 fully saturated rings. The first-order chi connectivity index (χ1) is 23.8. The van der Waals surface area contributed by atoms with Gasteiger partial charge in [-0.2, -0.15) is 0 Å². The number of carbonyl (C=O) groups excluding carboxylic acids is 3. The third kappa shape index (κ3) is 8.26. The molecule has 1 aromatic heterocycles. The zero-order chi connectivity index (χ0) is 34.3. The Bertz CT molecular complexity index is 1830. The van der Waals surface area contributed by atoms with Crippen LogP contribution in [0.2, 0.25) is 0 Å². The molecule has 4 heterocycles. The second-order valence-corrected chi connectivity index (χ2v) is 12.3. The molecule has 1 N–H and O–H groups in total. The van der Waals surface area contributed by atoms with Gasteiger partial charge in [-0.25, -0.2) is 9.97 Å². The number of amides is 3. The van der Waals surface area contributed by atoms with Crippen LogP contribution in [0.4, 0.5) is 0 Å². The summed E-state index contributed by atoms with van der Waals surface area (Å²) in [4.78, 5) is 52.1. The average Bonchev–Trinajstić information content (AvgIpc) is 3.12. The topological polar surface area (TPSA) is 132 Å².